The summed E-state index contributed by atoms with van der Waals surface area (Å²) in [6.07, 6.45) is 0.902. The van der Waals surface area contributed by atoms with Gasteiger partial charge in [0, 0.05) is 25.2 Å². The third-order valence-corrected chi connectivity index (χ3v) is 7.10. The van der Waals surface area contributed by atoms with Crippen LogP contribution in [-0.2, 0) is 16.0 Å². The minimum Gasteiger partial charge on any atom is -0.444 e. The summed E-state index contributed by atoms with van der Waals surface area (Å²) in [4.78, 5) is 40.7. The molecule has 1 aliphatic heterocycles. The molecule has 0 aliphatic carbocycles. The van der Waals surface area contributed by atoms with Crippen LogP contribution < -0.4 is 21.3 Å². The Morgan fingerprint density at radius 2 is 1.62 bits per heavy atom. The van der Waals surface area contributed by atoms with E-state index in [4.69, 9.17) is 9.47 Å². The van der Waals surface area contributed by atoms with Crippen molar-refractivity contribution in [2.75, 3.05) is 43.5 Å². The summed E-state index contributed by atoms with van der Waals surface area (Å²) < 4.78 is 24.3. The van der Waals surface area contributed by atoms with Gasteiger partial charge in [-0.15, -0.1) is 0 Å². The van der Waals surface area contributed by atoms with E-state index in [2.05, 4.69) is 26.2 Å². The zero-order valence-corrected chi connectivity index (χ0v) is 26.0. The number of carbonyl (C=O) groups excluding carboxylic acids is 3. The van der Waals surface area contributed by atoms with Gasteiger partial charge in [-0.05, 0) is 87.7 Å². The van der Waals surface area contributed by atoms with Crippen LogP contribution in [0.5, 0.6) is 0 Å². The Morgan fingerprint density at radius 1 is 0.933 bits per heavy atom. The van der Waals surface area contributed by atoms with Crippen LogP contribution in [0.1, 0.15) is 61.1 Å². The molecule has 4 N–H and O–H groups in total. The van der Waals surface area contributed by atoms with Gasteiger partial charge in [0.05, 0.1) is 30.6 Å². The fraction of sp³-hybridized carbons (Fsp3) is 0.382. The second-order valence-corrected chi connectivity index (χ2v) is 11.9. The van der Waals surface area contributed by atoms with Gasteiger partial charge in [-0.25, -0.2) is 14.0 Å². The summed E-state index contributed by atoms with van der Waals surface area (Å²) in [5.41, 5.74) is 2.09. The topological polar surface area (TPSA) is 121 Å². The maximum atomic E-state index is 13.6. The molecule has 1 heterocycles. The molecule has 45 heavy (non-hydrogen) atoms. The molecule has 3 aromatic rings. The number of nitrogens with zero attached hydrogens (tertiary/aromatic N) is 1. The summed E-state index contributed by atoms with van der Waals surface area (Å²) in [6, 6.07) is 19.3. The molecular weight excluding hydrogens is 577 g/mol. The number of urea groups is 1. The van der Waals surface area contributed by atoms with Crippen molar-refractivity contribution in [2.24, 2.45) is 0 Å². The van der Waals surface area contributed by atoms with E-state index in [1.165, 1.54) is 12.1 Å². The van der Waals surface area contributed by atoms with Crippen LogP contribution in [-0.4, -0.2) is 61.4 Å². The highest BCUT2D eigenvalue weighted by Gasteiger charge is 2.20. The van der Waals surface area contributed by atoms with Gasteiger partial charge in [-0.3, -0.25) is 15.0 Å². The fourth-order valence-corrected chi connectivity index (χ4v) is 4.88. The van der Waals surface area contributed by atoms with Crippen LogP contribution >= 0.6 is 0 Å². The number of carbonyl (C=O) groups is 3. The molecule has 1 aliphatic rings. The maximum Gasteiger partial charge on any atom is 0.412 e. The first-order chi connectivity index (χ1) is 21.6. The molecule has 1 unspecified atom stereocenters. The molecule has 4 rings (SSSR count). The van der Waals surface area contributed by atoms with E-state index in [9.17, 15) is 18.8 Å². The number of amides is 4. The minimum atomic E-state index is -0.665. The number of morpholine rings is 1. The quantitative estimate of drug-likeness (QED) is 0.207. The Labute approximate surface area is 263 Å². The highest BCUT2D eigenvalue weighted by molar-refractivity contribution is 6.06. The van der Waals surface area contributed by atoms with Crippen molar-refractivity contribution in [2.45, 2.75) is 51.8 Å². The largest absolute Gasteiger partial charge is 0.444 e. The first-order valence-corrected chi connectivity index (χ1v) is 15.1. The molecule has 4 amide bonds. The third-order valence-electron chi connectivity index (χ3n) is 7.10. The first-order valence-electron chi connectivity index (χ1n) is 15.1. The average molecular weight is 620 g/mol. The second-order valence-electron chi connectivity index (χ2n) is 11.9. The number of nitrogens with one attached hydrogen (secondary N) is 4. The zero-order chi connectivity index (χ0) is 32.2. The van der Waals surface area contributed by atoms with Crippen LogP contribution in [0, 0.1) is 5.82 Å². The molecule has 0 radical (unpaired) electrons. The third kappa shape index (κ3) is 11.2. The van der Waals surface area contributed by atoms with Crippen molar-refractivity contribution < 1.29 is 28.2 Å². The van der Waals surface area contributed by atoms with Crippen LogP contribution in [0.15, 0.2) is 72.8 Å². The highest BCUT2D eigenvalue weighted by atomic mass is 19.1. The SMILES string of the molecule is CC(C)(C)OC(=O)Nc1ccccc1NC(=O)c1ccc(C(CCCN2CCOCC2)NC(=O)NCc2cccc(F)c2)cc1. The number of para-hydroxylation sites is 2. The number of benzene rings is 3. The Bertz CT molecular complexity index is 1440. The number of hydrogen-bond acceptors (Lipinski definition) is 6. The van der Waals surface area contributed by atoms with E-state index >= 15 is 0 Å². The van der Waals surface area contributed by atoms with Gasteiger partial charge < -0.3 is 25.4 Å². The monoisotopic (exact) mass is 619 g/mol. The van der Waals surface area contributed by atoms with Gasteiger partial charge in [0.25, 0.3) is 5.91 Å². The number of rotatable bonds is 11. The fourth-order valence-electron chi connectivity index (χ4n) is 4.88. The predicted octanol–water partition coefficient (Wildman–Crippen LogP) is 6.08. The molecule has 0 saturated carbocycles. The molecule has 240 valence electrons. The van der Waals surface area contributed by atoms with Gasteiger partial charge >= 0.3 is 12.1 Å². The maximum absolute atomic E-state index is 13.6. The summed E-state index contributed by atoms with van der Waals surface area (Å²) in [7, 11) is 0. The van der Waals surface area contributed by atoms with Crippen molar-refractivity contribution >= 4 is 29.4 Å². The molecule has 1 atom stereocenters. The summed E-state index contributed by atoms with van der Waals surface area (Å²) in [6.45, 7) is 9.58. The second kappa shape index (κ2) is 16.0. The Kier molecular flexibility index (Phi) is 11.9. The van der Waals surface area contributed by atoms with Gasteiger partial charge in [-0.1, -0.05) is 36.4 Å². The van der Waals surface area contributed by atoms with Crippen LogP contribution in [0.2, 0.25) is 0 Å². The smallest absolute Gasteiger partial charge is 0.412 e. The van der Waals surface area contributed by atoms with Gasteiger partial charge in [0.1, 0.15) is 11.4 Å². The Morgan fingerprint density at radius 3 is 2.29 bits per heavy atom. The molecule has 3 aromatic carbocycles. The normalized spacial score (nSPS) is 14.2. The molecule has 11 heteroatoms. The highest BCUT2D eigenvalue weighted by Crippen LogP contribution is 2.24. The van der Waals surface area contributed by atoms with E-state index in [1.807, 2.05) is 12.1 Å². The summed E-state index contributed by atoms with van der Waals surface area (Å²) in [5.74, 6) is -0.715. The summed E-state index contributed by atoms with van der Waals surface area (Å²) >= 11 is 0. The first kappa shape index (κ1) is 33.4. The van der Waals surface area contributed by atoms with Gasteiger partial charge in [0.15, 0.2) is 0 Å². The van der Waals surface area contributed by atoms with Crippen molar-refractivity contribution in [1.82, 2.24) is 15.5 Å². The van der Waals surface area contributed by atoms with Gasteiger partial charge in [0.2, 0.25) is 0 Å². The molecule has 0 aromatic heterocycles. The summed E-state index contributed by atoms with van der Waals surface area (Å²) in [5, 5.41) is 11.4. The molecule has 1 fully saturated rings. The predicted molar refractivity (Wildman–Crippen MR) is 172 cm³/mol. The zero-order valence-electron chi connectivity index (χ0n) is 26.0. The molecule has 0 bridgehead atoms. The molecule has 10 nitrogen and oxygen atoms in total. The van der Waals surface area contributed by atoms with Crippen molar-refractivity contribution in [3.63, 3.8) is 0 Å². The van der Waals surface area contributed by atoms with Crippen LogP contribution in [0.3, 0.4) is 0 Å². The standard InChI is InChI=1S/C34H42FN5O5/c1-34(2,3)45-33(43)39-30-11-5-4-10-29(30)37-31(41)26-15-13-25(14-16-26)28(12-7-17-40-18-20-44-21-19-40)38-32(42)36-23-24-8-6-9-27(35)22-24/h4-6,8-11,13-16,22,28H,7,12,17-21,23H2,1-3H3,(H,37,41)(H,39,43)(H2,36,38,42). The molecule has 0 spiro atoms. The van der Waals surface area contributed by atoms with E-state index in [0.717, 1.165) is 44.8 Å². The average Bonchev–Trinajstić information content (AvgIpc) is 3.00. The van der Waals surface area contributed by atoms with Crippen molar-refractivity contribution in [3.8, 4) is 0 Å². The lowest BCUT2D eigenvalue weighted by Crippen LogP contribution is -2.39. The van der Waals surface area contributed by atoms with Crippen LogP contribution in [0.4, 0.5) is 25.4 Å². The van der Waals surface area contributed by atoms with Crippen LogP contribution in [0.25, 0.3) is 0 Å². The lowest BCUT2D eigenvalue weighted by molar-refractivity contribution is 0.0369. The number of hydrogen-bond donors (Lipinski definition) is 4. The number of ether oxygens (including phenoxy) is 2. The van der Waals surface area contributed by atoms with E-state index < -0.39 is 11.7 Å². The van der Waals surface area contributed by atoms with E-state index in [0.29, 0.717) is 28.9 Å². The number of halogens is 1. The molecular formula is C34H42FN5O5. The number of anilines is 2. The Balaban J connectivity index is 1.40. The lowest BCUT2D eigenvalue weighted by atomic mass is 10.00. The lowest BCUT2D eigenvalue weighted by Gasteiger charge is -2.27. The van der Waals surface area contributed by atoms with E-state index in [-0.39, 0.29) is 30.3 Å². The van der Waals surface area contributed by atoms with Crippen molar-refractivity contribution in [3.05, 3.63) is 95.3 Å². The van der Waals surface area contributed by atoms with Crippen molar-refractivity contribution in [1.29, 1.82) is 0 Å². The van der Waals surface area contributed by atoms with E-state index in [1.54, 1.807) is 69.3 Å². The van der Waals surface area contributed by atoms with Gasteiger partial charge in [-0.2, -0.15) is 0 Å². The minimum absolute atomic E-state index is 0.188. The molecule has 1 saturated heterocycles. The Hall–Kier alpha value is -4.48.